The molecule has 1 aliphatic rings. The van der Waals surface area contributed by atoms with Gasteiger partial charge in [-0.25, -0.2) is 4.39 Å². The molecule has 0 aliphatic heterocycles. The van der Waals surface area contributed by atoms with Gasteiger partial charge in [0.1, 0.15) is 5.82 Å². The zero-order chi connectivity index (χ0) is 16.3. The van der Waals surface area contributed by atoms with Gasteiger partial charge in [-0.2, -0.15) is 0 Å². The second kappa shape index (κ2) is 6.50. The largest absolute Gasteiger partial charge is 0.380 e. The van der Waals surface area contributed by atoms with E-state index in [1.54, 1.807) is 19.2 Å². The molecule has 0 spiro atoms. The van der Waals surface area contributed by atoms with Crippen LogP contribution in [0.1, 0.15) is 29.5 Å². The third kappa shape index (κ3) is 3.27. The Balaban J connectivity index is 1.69. The summed E-state index contributed by atoms with van der Waals surface area (Å²) in [5.41, 5.74) is 2.53. The predicted molar refractivity (Wildman–Crippen MR) is 86.3 cm³/mol. The van der Waals surface area contributed by atoms with Crippen LogP contribution in [0, 0.1) is 5.82 Å². The molecule has 0 aromatic heterocycles. The Morgan fingerprint density at radius 3 is 2.39 bits per heavy atom. The first-order valence-corrected chi connectivity index (χ1v) is 7.76. The first kappa shape index (κ1) is 15.7. The van der Waals surface area contributed by atoms with E-state index >= 15 is 0 Å². The SMILES string of the molecule is COCc1ccccc1CNC(=O)C1(c2ccc(F)cc2)CC1. The summed E-state index contributed by atoms with van der Waals surface area (Å²) in [5, 5.41) is 3.03. The molecule has 0 radical (unpaired) electrons. The van der Waals surface area contributed by atoms with Gasteiger partial charge in [0, 0.05) is 13.7 Å². The standard InChI is InChI=1S/C19H20FNO2/c1-23-13-15-5-3-2-4-14(15)12-21-18(22)19(10-11-19)16-6-8-17(20)9-7-16/h2-9H,10-13H2,1H3,(H,21,22). The molecule has 3 nitrogen and oxygen atoms in total. The number of methoxy groups -OCH3 is 1. The Hall–Kier alpha value is -2.20. The van der Waals surface area contributed by atoms with Crippen molar-refractivity contribution < 1.29 is 13.9 Å². The molecule has 1 aliphatic carbocycles. The van der Waals surface area contributed by atoms with Gasteiger partial charge in [-0.05, 0) is 41.7 Å². The van der Waals surface area contributed by atoms with Crippen molar-refractivity contribution in [2.45, 2.75) is 31.4 Å². The number of nitrogens with one attached hydrogen (secondary N) is 1. The summed E-state index contributed by atoms with van der Waals surface area (Å²) in [7, 11) is 1.66. The molecule has 1 saturated carbocycles. The molecule has 2 aromatic carbocycles. The molecule has 120 valence electrons. The minimum absolute atomic E-state index is 0.0105. The fraction of sp³-hybridized carbons (Fsp3) is 0.316. The smallest absolute Gasteiger partial charge is 0.230 e. The first-order valence-electron chi connectivity index (χ1n) is 7.76. The Labute approximate surface area is 135 Å². The van der Waals surface area contributed by atoms with Gasteiger partial charge in [-0.15, -0.1) is 0 Å². The molecule has 4 heteroatoms. The highest BCUT2D eigenvalue weighted by molar-refractivity contribution is 5.91. The van der Waals surface area contributed by atoms with Gasteiger partial charge >= 0.3 is 0 Å². The van der Waals surface area contributed by atoms with Crippen molar-refractivity contribution in [3.8, 4) is 0 Å². The number of rotatable bonds is 6. The van der Waals surface area contributed by atoms with Crippen molar-refractivity contribution >= 4 is 5.91 Å². The molecule has 1 N–H and O–H groups in total. The maximum absolute atomic E-state index is 13.1. The van der Waals surface area contributed by atoms with E-state index in [4.69, 9.17) is 4.74 Å². The minimum Gasteiger partial charge on any atom is -0.380 e. The average molecular weight is 313 g/mol. The number of hydrogen-bond donors (Lipinski definition) is 1. The number of carbonyl (C=O) groups excluding carboxylic acids is 1. The van der Waals surface area contributed by atoms with Gasteiger partial charge in [-0.3, -0.25) is 4.79 Å². The Kier molecular flexibility index (Phi) is 4.44. The van der Waals surface area contributed by atoms with E-state index in [2.05, 4.69) is 5.32 Å². The summed E-state index contributed by atoms with van der Waals surface area (Å²) in [5.74, 6) is -0.269. The lowest BCUT2D eigenvalue weighted by molar-refractivity contribution is -0.123. The van der Waals surface area contributed by atoms with Gasteiger partial charge in [0.2, 0.25) is 5.91 Å². The van der Waals surface area contributed by atoms with Crippen molar-refractivity contribution in [1.82, 2.24) is 5.32 Å². The fourth-order valence-electron chi connectivity index (χ4n) is 2.91. The molecule has 0 atom stereocenters. The van der Waals surface area contributed by atoms with Crippen LogP contribution in [0.25, 0.3) is 0 Å². The number of halogens is 1. The molecule has 2 aromatic rings. The van der Waals surface area contributed by atoms with Gasteiger partial charge in [-0.1, -0.05) is 36.4 Å². The predicted octanol–water partition coefficient (Wildman–Crippen LogP) is 3.32. The third-order valence-electron chi connectivity index (χ3n) is 4.44. The zero-order valence-corrected chi connectivity index (χ0v) is 13.1. The summed E-state index contributed by atoms with van der Waals surface area (Å²) in [6.45, 7) is 0.996. The van der Waals surface area contributed by atoms with Crippen LogP contribution in [0.2, 0.25) is 0 Å². The van der Waals surface area contributed by atoms with Crippen LogP contribution in [0.5, 0.6) is 0 Å². The lowest BCUT2D eigenvalue weighted by Crippen LogP contribution is -2.34. The van der Waals surface area contributed by atoms with Crippen molar-refractivity contribution in [3.05, 3.63) is 71.0 Å². The fourth-order valence-corrected chi connectivity index (χ4v) is 2.91. The second-order valence-electron chi connectivity index (χ2n) is 5.97. The highest BCUT2D eigenvalue weighted by Crippen LogP contribution is 2.48. The van der Waals surface area contributed by atoms with Crippen LogP contribution in [0.15, 0.2) is 48.5 Å². The molecule has 0 unspecified atom stereocenters. The maximum atomic E-state index is 13.1. The summed E-state index contributed by atoms with van der Waals surface area (Å²) in [6, 6.07) is 14.1. The normalized spacial score (nSPS) is 15.2. The summed E-state index contributed by atoms with van der Waals surface area (Å²) < 4.78 is 18.3. The molecule has 0 bridgehead atoms. The lowest BCUT2D eigenvalue weighted by atomic mass is 9.95. The molecule has 3 rings (SSSR count). The van der Waals surface area contributed by atoms with Gasteiger partial charge in [0.25, 0.3) is 0 Å². The Bertz CT molecular complexity index is 693. The zero-order valence-electron chi connectivity index (χ0n) is 13.1. The highest BCUT2D eigenvalue weighted by atomic mass is 19.1. The number of amides is 1. The Morgan fingerprint density at radius 2 is 1.78 bits per heavy atom. The Morgan fingerprint density at radius 1 is 1.13 bits per heavy atom. The molecule has 23 heavy (non-hydrogen) atoms. The first-order chi connectivity index (χ1) is 11.2. The molecule has 0 heterocycles. The van der Waals surface area contributed by atoms with Gasteiger partial charge < -0.3 is 10.1 Å². The van der Waals surface area contributed by atoms with E-state index in [0.717, 1.165) is 29.5 Å². The quantitative estimate of drug-likeness (QED) is 0.888. The number of hydrogen-bond acceptors (Lipinski definition) is 2. The average Bonchev–Trinajstić information content (AvgIpc) is 3.36. The molecular weight excluding hydrogens is 293 g/mol. The summed E-state index contributed by atoms with van der Waals surface area (Å²) >= 11 is 0. The lowest BCUT2D eigenvalue weighted by Gasteiger charge is -2.17. The number of benzene rings is 2. The van der Waals surface area contributed by atoms with Crippen LogP contribution < -0.4 is 5.32 Å². The van der Waals surface area contributed by atoms with Crippen LogP contribution in [-0.4, -0.2) is 13.0 Å². The van der Waals surface area contributed by atoms with Crippen LogP contribution in [0.3, 0.4) is 0 Å². The van der Waals surface area contributed by atoms with E-state index in [9.17, 15) is 9.18 Å². The topological polar surface area (TPSA) is 38.3 Å². The van der Waals surface area contributed by atoms with Crippen LogP contribution in [-0.2, 0) is 28.1 Å². The van der Waals surface area contributed by atoms with Crippen molar-refractivity contribution in [1.29, 1.82) is 0 Å². The van der Waals surface area contributed by atoms with Crippen LogP contribution in [0.4, 0.5) is 4.39 Å². The highest BCUT2D eigenvalue weighted by Gasteiger charge is 2.51. The van der Waals surface area contributed by atoms with E-state index in [0.29, 0.717) is 13.2 Å². The number of ether oxygens (including phenoxy) is 1. The monoisotopic (exact) mass is 313 g/mol. The van der Waals surface area contributed by atoms with E-state index in [1.807, 2.05) is 24.3 Å². The van der Waals surface area contributed by atoms with Crippen molar-refractivity contribution in [2.24, 2.45) is 0 Å². The van der Waals surface area contributed by atoms with E-state index in [-0.39, 0.29) is 11.7 Å². The van der Waals surface area contributed by atoms with Gasteiger partial charge in [0.15, 0.2) is 0 Å². The van der Waals surface area contributed by atoms with E-state index < -0.39 is 5.41 Å². The van der Waals surface area contributed by atoms with Gasteiger partial charge in [0.05, 0.1) is 12.0 Å². The molecule has 0 saturated heterocycles. The van der Waals surface area contributed by atoms with Crippen molar-refractivity contribution in [2.75, 3.05) is 7.11 Å². The van der Waals surface area contributed by atoms with E-state index in [1.165, 1.54) is 12.1 Å². The molecule has 1 fully saturated rings. The summed E-state index contributed by atoms with van der Waals surface area (Å²) in [6.07, 6.45) is 1.62. The second-order valence-corrected chi connectivity index (χ2v) is 5.97. The maximum Gasteiger partial charge on any atom is 0.230 e. The molecular formula is C19H20FNO2. The minimum atomic E-state index is -0.482. The third-order valence-corrected chi connectivity index (χ3v) is 4.44. The van der Waals surface area contributed by atoms with Crippen LogP contribution >= 0.6 is 0 Å². The molecule has 1 amide bonds. The number of carbonyl (C=O) groups is 1. The van der Waals surface area contributed by atoms with Crippen molar-refractivity contribution in [3.63, 3.8) is 0 Å². The summed E-state index contributed by atoms with van der Waals surface area (Å²) in [4.78, 5) is 12.6.